The van der Waals surface area contributed by atoms with Gasteiger partial charge in [0.2, 0.25) is 5.91 Å². The van der Waals surface area contributed by atoms with Crippen molar-refractivity contribution in [3.63, 3.8) is 0 Å². The van der Waals surface area contributed by atoms with Gasteiger partial charge in [0, 0.05) is 11.4 Å². The normalized spacial score (nSPS) is 12.8. The van der Waals surface area contributed by atoms with Crippen LogP contribution >= 0.6 is 11.8 Å². The van der Waals surface area contributed by atoms with E-state index in [2.05, 4.69) is 29.1 Å². The van der Waals surface area contributed by atoms with E-state index in [0.717, 1.165) is 29.3 Å². The van der Waals surface area contributed by atoms with Crippen LogP contribution in [0.5, 0.6) is 0 Å². The number of nitrogens with one attached hydrogen (secondary N) is 1. The summed E-state index contributed by atoms with van der Waals surface area (Å²) in [6.45, 7) is 6.43. The highest BCUT2D eigenvalue weighted by atomic mass is 32.2. The quantitative estimate of drug-likeness (QED) is 0.501. The van der Waals surface area contributed by atoms with E-state index in [4.69, 9.17) is 4.42 Å². The number of fused-ring (bicyclic) bond motifs is 3. The SMILES string of the molecule is CC(C)CC[C@H](C)NC(=O)CSc1ncnc2c1oc1ccccc12. The van der Waals surface area contributed by atoms with Crippen LogP contribution < -0.4 is 5.32 Å². The van der Waals surface area contributed by atoms with Crippen molar-refractivity contribution in [1.29, 1.82) is 0 Å². The Hall–Kier alpha value is -2.08. The van der Waals surface area contributed by atoms with Crippen molar-refractivity contribution in [1.82, 2.24) is 15.3 Å². The zero-order valence-corrected chi connectivity index (χ0v) is 15.6. The van der Waals surface area contributed by atoms with E-state index in [0.29, 0.717) is 22.3 Å². The van der Waals surface area contributed by atoms with Crippen LogP contribution in [0.15, 0.2) is 40.0 Å². The number of carbonyl (C=O) groups excluding carboxylic acids is 1. The van der Waals surface area contributed by atoms with Gasteiger partial charge in [-0.05, 0) is 37.8 Å². The van der Waals surface area contributed by atoms with E-state index >= 15 is 0 Å². The van der Waals surface area contributed by atoms with Crippen molar-refractivity contribution in [2.24, 2.45) is 5.92 Å². The van der Waals surface area contributed by atoms with Crippen molar-refractivity contribution in [2.45, 2.75) is 44.7 Å². The highest BCUT2D eigenvalue weighted by molar-refractivity contribution is 8.00. The highest BCUT2D eigenvalue weighted by Crippen LogP contribution is 2.32. The van der Waals surface area contributed by atoms with E-state index in [1.54, 1.807) is 0 Å². The molecule has 132 valence electrons. The van der Waals surface area contributed by atoms with E-state index < -0.39 is 0 Å². The molecule has 2 heterocycles. The van der Waals surface area contributed by atoms with Crippen LogP contribution in [0.3, 0.4) is 0 Å². The van der Waals surface area contributed by atoms with Crippen LogP contribution in [-0.4, -0.2) is 27.7 Å². The molecule has 6 heteroatoms. The third-order valence-electron chi connectivity index (χ3n) is 4.05. The van der Waals surface area contributed by atoms with Crippen LogP contribution in [0.25, 0.3) is 22.1 Å². The molecule has 1 aromatic carbocycles. The first-order valence-corrected chi connectivity index (χ1v) is 9.57. The molecule has 5 nitrogen and oxygen atoms in total. The molecule has 25 heavy (non-hydrogen) atoms. The molecule has 1 atom stereocenters. The van der Waals surface area contributed by atoms with Crippen LogP contribution in [0, 0.1) is 5.92 Å². The van der Waals surface area contributed by atoms with Crippen molar-refractivity contribution >= 4 is 39.7 Å². The van der Waals surface area contributed by atoms with Gasteiger partial charge in [-0.25, -0.2) is 9.97 Å². The molecule has 0 radical (unpaired) electrons. The largest absolute Gasteiger partial charge is 0.451 e. The number of carbonyl (C=O) groups is 1. The molecule has 0 bridgehead atoms. The fourth-order valence-corrected chi connectivity index (χ4v) is 3.45. The Bertz CT molecular complexity index is 875. The molecule has 0 unspecified atom stereocenters. The molecule has 1 N–H and O–H groups in total. The van der Waals surface area contributed by atoms with Gasteiger partial charge in [0.25, 0.3) is 0 Å². The molecule has 1 amide bonds. The summed E-state index contributed by atoms with van der Waals surface area (Å²) in [5.41, 5.74) is 2.22. The summed E-state index contributed by atoms with van der Waals surface area (Å²) < 4.78 is 5.88. The van der Waals surface area contributed by atoms with Gasteiger partial charge in [0.05, 0.1) is 5.75 Å². The van der Waals surface area contributed by atoms with Gasteiger partial charge in [0.1, 0.15) is 22.5 Å². The molecule has 2 aromatic heterocycles. The van der Waals surface area contributed by atoms with Crippen molar-refractivity contribution in [3.05, 3.63) is 30.6 Å². The summed E-state index contributed by atoms with van der Waals surface area (Å²) in [4.78, 5) is 20.8. The molecule has 0 aliphatic rings. The Balaban J connectivity index is 1.66. The molecule has 0 aliphatic carbocycles. The lowest BCUT2D eigenvalue weighted by Crippen LogP contribution is -2.34. The monoisotopic (exact) mass is 357 g/mol. The minimum Gasteiger partial charge on any atom is -0.451 e. The lowest BCUT2D eigenvalue weighted by Gasteiger charge is -2.14. The third kappa shape index (κ3) is 4.31. The number of amides is 1. The topological polar surface area (TPSA) is 68.0 Å². The average molecular weight is 357 g/mol. The van der Waals surface area contributed by atoms with E-state index in [1.165, 1.54) is 18.1 Å². The van der Waals surface area contributed by atoms with Gasteiger partial charge >= 0.3 is 0 Å². The lowest BCUT2D eigenvalue weighted by molar-refractivity contribution is -0.119. The zero-order valence-electron chi connectivity index (χ0n) is 14.8. The minimum atomic E-state index is 0.0177. The van der Waals surface area contributed by atoms with E-state index in [-0.39, 0.29) is 11.9 Å². The number of hydrogen-bond acceptors (Lipinski definition) is 5. The molecular weight excluding hydrogens is 334 g/mol. The predicted octanol–water partition coefficient (Wildman–Crippen LogP) is 4.41. The van der Waals surface area contributed by atoms with Crippen molar-refractivity contribution in [2.75, 3.05) is 5.75 Å². The van der Waals surface area contributed by atoms with Gasteiger partial charge in [-0.2, -0.15) is 0 Å². The van der Waals surface area contributed by atoms with Crippen LogP contribution in [-0.2, 0) is 4.79 Å². The first kappa shape index (κ1) is 17.7. The number of rotatable bonds is 7. The Kier molecular flexibility index (Phi) is 5.58. The number of benzene rings is 1. The van der Waals surface area contributed by atoms with Gasteiger partial charge in [0.15, 0.2) is 5.58 Å². The molecule has 0 saturated carbocycles. The number of nitrogens with zero attached hydrogens (tertiary/aromatic N) is 2. The van der Waals surface area contributed by atoms with Gasteiger partial charge < -0.3 is 9.73 Å². The maximum absolute atomic E-state index is 12.2. The van der Waals surface area contributed by atoms with Crippen molar-refractivity contribution in [3.8, 4) is 0 Å². The first-order chi connectivity index (χ1) is 12.0. The van der Waals surface area contributed by atoms with Gasteiger partial charge in [-0.1, -0.05) is 37.7 Å². The third-order valence-corrected chi connectivity index (χ3v) is 5.02. The molecule has 0 fully saturated rings. The summed E-state index contributed by atoms with van der Waals surface area (Å²) in [7, 11) is 0. The van der Waals surface area contributed by atoms with E-state index in [1.807, 2.05) is 31.2 Å². The number of hydrogen-bond donors (Lipinski definition) is 1. The van der Waals surface area contributed by atoms with Crippen LogP contribution in [0.4, 0.5) is 0 Å². The second kappa shape index (κ2) is 7.87. The molecule has 0 spiro atoms. The zero-order chi connectivity index (χ0) is 17.8. The predicted molar refractivity (Wildman–Crippen MR) is 102 cm³/mol. The first-order valence-electron chi connectivity index (χ1n) is 8.59. The van der Waals surface area contributed by atoms with Gasteiger partial charge in [-0.3, -0.25) is 4.79 Å². The highest BCUT2D eigenvalue weighted by Gasteiger charge is 2.15. The number of thioether (sulfide) groups is 1. The van der Waals surface area contributed by atoms with E-state index in [9.17, 15) is 4.79 Å². The average Bonchev–Trinajstić information content (AvgIpc) is 2.97. The fourth-order valence-electron chi connectivity index (χ4n) is 2.71. The van der Waals surface area contributed by atoms with Crippen LogP contribution in [0.2, 0.25) is 0 Å². The Morgan fingerprint density at radius 1 is 1.20 bits per heavy atom. The smallest absolute Gasteiger partial charge is 0.230 e. The van der Waals surface area contributed by atoms with Crippen LogP contribution in [0.1, 0.15) is 33.6 Å². The Labute approximate surface area is 151 Å². The summed E-state index contributed by atoms with van der Waals surface area (Å²) >= 11 is 1.38. The molecule has 0 saturated heterocycles. The summed E-state index contributed by atoms with van der Waals surface area (Å²) in [6.07, 6.45) is 3.63. The molecular formula is C19H23N3O2S. The minimum absolute atomic E-state index is 0.0177. The standard InChI is InChI=1S/C19H23N3O2S/c1-12(2)8-9-13(3)22-16(23)10-25-19-18-17(20-11-21-19)14-6-4-5-7-15(14)24-18/h4-7,11-13H,8-10H2,1-3H3,(H,22,23)/t13-/m0/s1. The second-order valence-electron chi connectivity index (χ2n) is 6.68. The fraction of sp³-hybridized carbons (Fsp3) is 0.421. The van der Waals surface area contributed by atoms with Crippen molar-refractivity contribution < 1.29 is 9.21 Å². The number of para-hydroxylation sites is 1. The lowest BCUT2D eigenvalue weighted by atomic mass is 10.0. The molecule has 3 rings (SSSR count). The Morgan fingerprint density at radius 2 is 2.00 bits per heavy atom. The summed E-state index contributed by atoms with van der Waals surface area (Å²) in [5.74, 6) is 0.982. The number of furan rings is 1. The Morgan fingerprint density at radius 3 is 2.80 bits per heavy atom. The maximum Gasteiger partial charge on any atom is 0.230 e. The second-order valence-corrected chi connectivity index (χ2v) is 7.65. The van der Waals surface area contributed by atoms with Gasteiger partial charge in [-0.15, -0.1) is 0 Å². The number of aromatic nitrogens is 2. The molecule has 0 aliphatic heterocycles. The summed E-state index contributed by atoms with van der Waals surface area (Å²) in [5, 5.41) is 4.71. The maximum atomic E-state index is 12.2. The molecule has 3 aromatic rings. The summed E-state index contributed by atoms with van der Waals surface area (Å²) in [6, 6.07) is 7.96.